The van der Waals surface area contributed by atoms with Crippen molar-refractivity contribution >= 4 is 27.5 Å². The van der Waals surface area contributed by atoms with Crippen molar-refractivity contribution in [2.24, 2.45) is 0 Å². The van der Waals surface area contributed by atoms with Crippen LogP contribution in [0.5, 0.6) is 11.5 Å². The fourth-order valence-electron chi connectivity index (χ4n) is 2.57. The van der Waals surface area contributed by atoms with Crippen LogP contribution in [0.15, 0.2) is 40.9 Å². The van der Waals surface area contributed by atoms with Gasteiger partial charge in [0.2, 0.25) is 5.91 Å². The molecule has 0 radical (unpaired) electrons. The van der Waals surface area contributed by atoms with Gasteiger partial charge in [0, 0.05) is 16.7 Å². The Labute approximate surface area is 163 Å². The van der Waals surface area contributed by atoms with E-state index in [9.17, 15) is 4.79 Å². The molecule has 5 nitrogen and oxygen atoms in total. The lowest BCUT2D eigenvalue weighted by Gasteiger charge is -2.18. The number of nitrogens with one attached hydrogen (secondary N) is 1. The van der Waals surface area contributed by atoms with Gasteiger partial charge in [0.05, 0.1) is 20.3 Å². The highest BCUT2D eigenvalue weighted by Gasteiger charge is 2.11. The minimum atomic E-state index is -0.0545. The lowest BCUT2D eigenvalue weighted by molar-refractivity contribution is -0.117. The highest BCUT2D eigenvalue weighted by Crippen LogP contribution is 2.28. The first-order valence-corrected chi connectivity index (χ1v) is 9.26. The number of nitrogens with zero attached hydrogens (tertiary/aromatic N) is 1. The molecule has 2 aromatic rings. The molecule has 0 bridgehead atoms. The third kappa shape index (κ3) is 5.75. The summed E-state index contributed by atoms with van der Waals surface area (Å²) in [6, 6.07) is 11.6. The number of anilines is 1. The summed E-state index contributed by atoms with van der Waals surface area (Å²) in [4.78, 5) is 14.2. The molecule has 0 saturated carbocycles. The van der Waals surface area contributed by atoms with Crippen LogP contribution in [0.25, 0.3) is 0 Å². The maximum atomic E-state index is 12.3. The highest BCUT2D eigenvalue weighted by molar-refractivity contribution is 9.10. The number of hydrogen-bond donors (Lipinski definition) is 1. The van der Waals surface area contributed by atoms with E-state index in [0.29, 0.717) is 25.4 Å². The van der Waals surface area contributed by atoms with Gasteiger partial charge >= 0.3 is 0 Å². The first kappa shape index (κ1) is 20.3. The molecule has 6 heteroatoms. The topological polar surface area (TPSA) is 50.8 Å². The molecule has 0 aliphatic heterocycles. The van der Waals surface area contributed by atoms with E-state index in [1.54, 1.807) is 7.11 Å². The SMILES string of the molecule is CCOc1ccc(CN(C)CC(=O)Nc2ccc(C)c(Br)c2)cc1OC. The third-order valence-corrected chi connectivity index (χ3v) is 4.70. The summed E-state index contributed by atoms with van der Waals surface area (Å²) in [5.74, 6) is 1.37. The van der Waals surface area contributed by atoms with Crippen molar-refractivity contribution in [3.63, 3.8) is 0 Å². The van der Waals surface area contributed by atoms with Gasteiger partial charge in [-0.1, -0.05) is 28.1 Å². The van der Waals surface area contributed by atoms with Crippen LogP contribution < -0.4 is 14.8 Å². The smallest absolute Gasteiger partial charge is 0.238 e. The van der Waals surface area contributed by atoms with Crippen molar-refractivity contribution in [1.82, 2.24) is 4.90 Å². The molecule has 0 aliphatic rings. The molecule has 0 aromatic heterocycles. The standard InChI is InChI=1S/C20H25BrN2O3/c1-5-26-18-9-7-15(10-19(18)25-4)12-23(3)13-20(24)22-16-8-6-14(2)17(21)11-16/h6-11H,5,12-13H2,1-4H3,(H,22,24). The van der Waals surface area contributed by atoms with Gasteiger partial charge in [0.25, 0.3) is 0 Å². The van der Waals surface area contributed by atoms with E-state index in [2.05, 4.69) is 21.2 Å². The van der Waals surface area contributed by atoms with Gasteiger partial charge in [-0.05, 0) is 56.3 Å². The molecule has 0 saturated heterocycles. The van der Waals surface area contributed by atoms with Crippen molar-refractivity contribution in [2.75, 3.05) is 32.6 Å². The molecule has 1 amide bonds. The van der Waals surface area contributed by atoms with Crippen molar-refractivity contribution < 1.29 is 14.3 Å². The maximum absolute atomic E-state index is 12.3. The number of hydrogen-bond acceptors (Lipinski definition) is 4. The van der Waals surface area contributed by atoms with Crippen LogP contribution in [0.2, 0.25) is 0 Å². The fraction of sp³-hybridized carbons (Fsp3) is 0.350. The van der Waals surface area contributed by atoms with E-state index in [4.69, 9.17) is 9.47 Å². The monoisotopic (exact) mass is 420 g/mol. The molecule has 26 heavy (non-hydrogen) atoms. The molecule has 2 aromatic carbocycles. The van der Waals surface area contributed by atoms with Gasteiger partial charge < -0.3 is 14.8 Å². The van der Waals surface area contributed by atoms with Crippen LogP contribution >= 0.6 is 15.9 Å². The van der Waals surface area contributed by atoms with Gasteiger partial charge in [-0.15, -0.1) is 0 Å². The summed E-state index contributed by atoms with van der Waals surface area (Å²) >= 11 is 3.48. The van der Waals surface area contributed by atoms with Gasteiger partial charge in [0.1, 0.15) is 0 Å². The molecular formula is C20H25BrN2O3. The minimum Gasteiger partial charge on any atom is -0.493 e. The van der Waals surface area contributed by atoms with E-state index in [0.717, 1.165) is 27.0 Å². The van der Waals surface area contributed by atoms with Crippen molar-refractivity contribution in [3.8, 4) is 11.5 Å². The molecule has 140 valence electrons. The molecule has 0 unspecified atom stereocenters. The number of likely N-dealkylation sites (N-methyl/N-ethyl adjacent to an activating group) is 1. The fourth-order valence-corrected chi connectivity index (χ4v) is 2.95. The summed E-state index contributed by atoms with van der Waals surface area (Å²) in [5.41, 5.74) is 2.96. The minimum absolute atomic E-state index is 0.0545. The second-order valence-corrected chi connectivity index (χ2v) is 6.96. The zero-order chi connectivity index (χ0) is 19.1. The summed E-state index contributed by atoms with van der Waals surface area (Å²) in [6.07, 6.45) is 0. The van der Waals surface area contributed by atoms with Crippen LogP contribution in [0.4, 0.5) is 5.69 Å². The average Bonchev–Trinajstić information content (AvgIpc) is 2.59. The number of aryl methyl sites for hydroxylation is 1. The van der Waals surface area contributed by atoms with E-state index in [1.165, 1.54) is 0 Å². The zero-order valence-electron chi connectivity index (χ0n) is 15.6. The van der Waals surface area contributed by atoms with Gasteiger partial charge in [0.15, 0.2) is 11.5 Å². The molecule has 2 rings (SSSR count). The Hall–Kier alpha value is -2.05. The van der Waals surface area contributed by atoms with Crippen LogP contribution in [0.1, 0.15) is 18.1 Å². The second kappa shape index (κ2) is 9.59. The molecule has 0 heterocycles. The predicted molar refractivity (Wildman–Crippen MR) is 108 cm³/mol. The Morgan fingerprint density at radius 2 is 1.96 bits per heavy atom. The van der Waals surface area contributed by atoms with E-state index in [-0.39, 0.29) is 5.91 Å². The van der Waals surface area contributed by atoms with Crippen LogP contribution in [0, 0.1) is 6.92 Å². The van der Waals surface area contributed by atoms with Crippen molar-refractivity contribution in [1.29, 1.82) is 0 Å². The Morgan fingerprint density at radius 3 is 2.62 bits per heavy atom. The molecule has 0 spiro atoms. The van der Waals surface area contributed by atoms with Crippen molar-refractivity contribution in [3.05, 3.63) is 52.0 Å². The Balaban J connectivity index is 1.94. The lowest BCUT2D eigenvalue weighted by Crippen LogP contribution is -2.29. The molecule has 0 atom stereocenters. The Morgan fingerprint density at radius 1 is 1.19 bits per heavy atom. The largest absolute Gasteiger partial charge is 0.493 e. The number of methoxy groups -OCH3 is 1. The van der Waals surface area contributed by atoms with Gasteiger partial charge in [-0.25, -0.2) is 0 Å². The number of amides is 1. The van der Waals surface area contributed by atoms with Gasteiger partial charge in [-0.3, -0.25) is 9.69 Å². The lowest BCUT2D eigenvalue weighted by atomic mass is 10.2. The van der Waals surface area contributed by atoms with Crippen LogP contribution in [-0.4, -0.2) is 38.1 Å². The molecule has 0 fully saturated rings. The second-order valence-electron chi connectivity index (χ2n) is 6.10. The van der Waals surface area contributed by atoms with Gasteiger partial charge in [-0.2, -0.15) is 0 Å². The summed E-state index contributed by atoms with van der Waals surface area (Å²) in [6.45, 7) is 5.46. The summed E-state index contributed by atoms with van der Waals surface area (Å²) < 4.78 is 11.9. The number of ether oxygens (including phenoxy) is 2. The van der Waals surface area contributed by atoms with E-state index >= 15 is 0 Å². The first-order valence-electron chi connectivity index (χ1n) is 8.47. The predicted octanol–water partition coefficient (Wildman–Crippen LogP) is 4.24. The average molecular weight is 421 g/mol. The van der Waals surface area contributed by atoms with E-state index < -0.39 is 0 Å². The molecular weight excluding hydrogens is 396 g/mol. The van der Waals surface area contributed by atoms with Crippen LogP contribution in [0.3, 0.4) is 0 Å². The highest BCUT2D eigenvalue weighted by atomic mass is 79.9. The molecule has 0 aliphatic carbocycles. The number of carbonyl (C=O) groups excluding carboxylic acids is 1. The number of carbonyl (C=O) groups is 1. The number of benzene rings is 2. The maximum Gasteiger partial charge on any atom is 0.238 e. The first-order chi connectivity index (χ1) is 12.4. The number of halogens is 1. The third-order valence-electron chi connectivity index (χ3n) is 3.85. The van der Waals surface area contributed by atoms with Crippen molar-refractivity contribution in [2.45, 2.75) is 20.4 Å². The normalized spacial score (nSPS) is 10.7. The summed E-state index contributed by atoms with van der Waals surface area (Å²) in [5, 5.41) is 2.92. The summed E-state index contributed by atoms with van der Waals surface area (Å²) in [7, 11) is 3.53. The van der Waals surface area contributed by atoms with E-state index in [1.807, 2.05) is 62.2 Å². The Kier molecular flexibility index (Phi) is 7.48. The van der Waals surface area contributed by atoms with Crippen LogP contribution in [-0.2, 0) is 11.3 Å². The number of rotatable bonds is 8. The zero-order valence-corrected chi connectivity index (χ0v) is 17.2. The molecule has 1 N–H and O–H groups in total. The quantitative estimate of drug-likeness (QED) is 0.693. The Bertz CT molecular complexity index is 765.